The maximum Gasteiger partial charge on any atom is 0.120 e. The van der Waals surface area contributed by atoms with E-state index in [0.717, 1.165) is 53.7 Å². The summed E-state index contributed by atoms with van der Waals surface area (Å²) < 4.78 is 6.42. The first kappa shape index (κ1) is 12.9. The molecule has 3 nitrogen and oxygen atoms in total. The number of rotatable bonds is 2. The van der Waals surface area contributed by atoms with Gasteiger partial charge in [-0.3, -0.25) is 4.90 Å². The molecule has 1 aliphatic rings. The zero-order valence-electron chi connectivity index (χ0n) is 10.6. The van der Waals surface area contributed by atoms with Crippen molar-refractivity contribution in [2.45, 2.75) is 6.54 Å². The average molecular weight is 322 g/mol. The number of benzene rings is 2. The fourth-order valence-electron chi connectivity index (χ4n) is 2.50. The lowest BCUT2D eigenvalue weighted by atomic mass is 10.0. The summed E-state index contributed by atoms with van der Waals surface area (Å²) in [5.41, 5.74) is 1.01. The van der Waals surface area contributed by atoms with E-state index in [-0.39, 0.29) is 0 Å². The summed E-state index contributed by atoms with van der Waals surface area (Å²) in [5, 5.41) is 12.4. The van der Waals surface area contributed by atoms with E-state index in [9.17, 15) is 5.11 Å². The Morgan fingerprint density at radius 2 is 1.95 bits per heavy atom. The van der Waals surface area contributed by atoms with Crippen molar-refractivity contribution in [2.75, 3.05) is 26.3 Å². The fraction of sp³-hybridized carbons (Fsp3) is 0.333. The summed E-state index contributed by atoms with van der Waals surface area (Å²) in [5.74, 6) is 0.376. The van der Waals surface area contributed by atoms with Crippen molar-refractivity contribution < 1.29 is 9.84 Å². The van der Waals surface area contributed by atoms with Crippen molar-refractivity contribution in [3.05, 3.63) is 40.4 Å². The van der Waals surface area contributed by atoms with Crippen molar-refractivity contribution in [2.24, 2.45) is 0 Å². The van der Waals surface area contributed by atoms with Gasteiger partial charge >= 0.3 is 0 Å². The van der Waals surface area contributed by atoms with Crippen LogP contribution in [0.4, 0.5) is 0 Å². The third-order valence-electron chi connectivity index (χ3n) is 3.55. The fourth-order valence-corrected chi connectivity index (χ4v) is 2.88. The van der Waals surface area contributed by atoms with Gasteiger partial charge < -0.3 is 9.84 Å². The smallest absolute Gasteiger partial charge is 0.120 e. The van der Waals surface area contributed by atoms with Gasteiger partial charge in [-0.2, -0.15) is 0 Å². The van der Waals surface area contributed by atoms with E-state index in [4.69, 9.17) is 4.74 Å². The number of hydrogen-bond acceptors (Lipinski definition) is 3. The monoisotopic (exact) mass is 321 g/mol. The molecule has 0 radical (unpaired) electrons. The number of morpholine rings is 1. The Labute approximate surface area is 120 Å². The molecule has 2 aromatic carbocycles. The van der Waals surface area contributed by atoms with Gasteiger partial charge in [-0.25, -0.2) is 0 Å². The van der Waals surface area contributed by atoms with Crippen LogP contribution in [0.1, 0.15) is 5.56 Å². The van der Waals surface area contributed by atoms with Crippen LogP contribution >= 0.6 is 15.9 Å². The third-order valence-corrected chi connectivity index (χ3v) is 4.05. The maximum atomic E-state index is 10.1. The highest BCUT2D eigenvalue weighted by atomic mass is 79.9. The second-order valence-electron chi connectivity index (χ2n) is 4.82. The number of aromatic hydroxyl groups is 1. The summed E-state index contributed by atoms with van der Waals surface area (Å²) in [6, 6.07) is 9.90. The number of hydrogen-bond donors (Lipinski definition) is 1. The minimum absolute atomic E-state index is 0.376. The predicted octanol–water partition coefficient (Wildman–Crippen LogP) is 3.14. The van der Waals surface area contributed by atoms with Crippen LogP contribution in [0.2, 0.25) is 0 Å². The van der Waals surface area contributed by atoms with E-state index in [0.29, 0.717) is 5.75 Å². The topological polar surface area (TPSA) is 32.7 Å². The highest BCUT2D eigenvalue weighted by Gasteiger charge is 2.15. The second-order valence-corrected chi connectivity index (χ2v) is 5.73. The molecule has 1 saturated heterocycles. The van der Waals surface area contributed by atoms with Crippen LogP contribution in [0.25, 0.3) is 10.8 Å². The molecule has 4 heteroatoms. The number of fused-ring (bicyclic) bond motifs is 1. The number of halogens is 1. The van der Waals surface area contributed by atoms with Crippen LogP contribution in [0.3, 0.4) is 0 Å². The summed E-state index contributed by atoms with van der Waals surface area (Å²) in [6.45, 7) is 4.17. The Kier molecular flexibility index (Phi) is 3.73. The SMILES string of the molecule is Oc1ccc2cc(Br)ccc2c1CN1CCOCC1. The first-order valence-electron chi connectivity index (χ1n) is 6.44. The largest absolute Gasteiger partial charge is 0.508 e. The molecule has 0 atom stereocenters. The van der Waals surface area contributed by atoms with Crippen LogP contribution in [0.5, 0.6) is 5.75 Å². The van der Waals surface area contributed by atoms with Gasteiger partial charge in [0.05, 0.1) is 13.2 Å². The molecule has 1 heterocycles. The maximum absolute atomic E-state index is 10.1. The first-order valence-corrected chi connectivity index (χ1v) is 7.23. The molecule has 1 aliphatic heterocycles. The zero-order valence-corrected chi connectivity index (χ0v) is 12.2. The van der Waals surface area contributed by atoms with Crippen LogP contribution in [-0.4, -0.2) is 36.3 Å². The van der Waals surface area contributed by atoms with Crippen molar-refractivity contribution in [1.29, 1.82) is 0 Å². The molecule has 2 aromatic rings. The third kappa shape index (κ3) is 2.76. The molecule has 0 saturated carbocycles. The molecule has 19 heavy (non-hydrogen) atoms. The molecular formula is C15H16BrNO2. The highest BCUT2D eigenvalue weighted by molar-refractivity contribution is 9.10. The van der Waals surface area contributed by atoms with Gasteiger partial charge in [-0.15, -0.1) is 0 Å². The summed E-state index contributed by atoms with van der Waals surface area (Å²) in [4.78, 5) is 2.32. The molecule has 0 aliphatic carbocycles. The highest BCUT2D eigenvalue weighted by Crippen LogP contribution is 2.30. The van der Waals surface area contributed by atoms with Crippen LogP contribution in [0, 0.1) is 0 Å². The molecule has 1 fully saturated rings. The average Bonchev–Trinajstić information content (AvgIpc) is 2.43. The minimum atomic E-state index is 0.376. The predicted molar refractivity (Wildman–Crippen MR) is 79.4 cm³/mol. The van der Waals surface area contributed by atoms with E-state index in [1.54, 1.807) is 6.07 Å². The van der Waals surface area contributed by atoms with Crippen molar-refractivity contribution in [3.8, 4) is 5.75 Å². The van der Waals surface area contributed by atoms with Crippen molar-refractivity contribution >= 4 is 26.7 Å². The molecule has 1 N–H and O–H groups in total. The number of phenolic OH excluding ortho intramolecular Hbond substituents is 1. The quantitative estimate of drug-likeness (QED) is 0.922. The van der Waals surface area contributed by atoms with Gasteiger partial charge in [0.15, 0.2) is 0 Å². The summed E-state index contributed by atoms with van der Waals surface area (Å²) in [7, 11) is 0. The van der Waals surface area contributed by atoms with E-state index in [1.807, 2.05) is 12.1 Å². The molecular weight excluding hydrogens is 306 g/mol. The number of ether oxygens (including phenoxy) is 1. The van der Waals surface area contributed by atoms with Gasteiger partial charge in [0, 0.05) is 29.7 Å². The molecule has 0 amide bonds. The lowest BCUT2D eigenvalue weighted by Gasteiger charge is -2.27. The van der Waals surface area contributed by atoms with E-state index in [2.05, 4.69) is 33.0 Å². The van der Waals surface area contributed by atoms with Gasteiger partial charge in [0.1, 0.15) is 5.75 Å². The van der Waals surface area contributed by atoms with Crippen LogP contribution in [-0.2, 0) is 11.3 Å². The molecule has 0 unspecified atom stereocenters. The van der Waals surface area contributed by atoms with Gasteiger partial charge in [0.2, 0.25) is 0 Å². The molecule has 100 valence electrons. The van der Waals surface area contributed by atoms with Gasteiger partial charge in [-0.05, 0) is 29.0 Å². The van der Waals surface area contributed by atoms with E-state index in [1.165, 1.54) is 0 Å². The molecule has 0 spiro atoms. The zero-order chi connectivity index (χ0) is 13.2. The number of nitrogens with zero attached hydrogens (tertiary/aromatic N) is 1. The van der Waals surface area contributed by atoms with Gasteiger partial charge in [-0.1, -0.05) is 28.1 Å². The second kappa shape index (κ2) is 5.49. The molecule has 3 rings (SSSR count). The van der Waals surface area contributed by atoms with Crippen LogP contribution in [0.15, 0.2) is 34.8 Å². The lowest BCUT2D eigenvalue weighted by molar-refractivity contribution is 0.0341. The van der Waals surface area contributed by atoms with Crippen molar-refractivity contribution in [1.82, 2.24) is 4.90 Å². The Bertz CT molecular complexity index is 594. The minimum Gasteiger partial charge on any atom is -0.508 e. The Hall–Kier alpha value is -1.10. The summed E-state index contributed by atoms with van der Waals surface area (Å²) in [6.07, 6.45) is 0. The number of phenols is 1. The van der Waals surface area contributed by atoms with Gasteiger partial charge in [0.25, 0.3) is 0 Å². The Balaban J connectivity index is 1.98. The molecule has 0 bridgehead atoms. The molecule has 0 aromatic heterocycles. The van der Waals surface area contributed by atoms with Crippen molar-refractivity contribution in [3.63, 3.8) is 0 Å². The standard InChI is InChI=1S/C15H16BrNO2/c16-12-2-3-13-11(9-12)1-4-15(18)14(13)10-17-5-7-19-8-6-17/h1-4,9,18H,5-8,10H2. The lowest BCUT2D eigenvalue weighted by Crippen LogP contribution is -2.35. The Morgan fingerprint density at radius 3 is 2.74 bits per heavy atom. The van der Waals surface area contributed by atoms with E-state index < -0.39 is 0 Å². The normalized spacial score (nSPS) is 16.9. The Morgan fingerprint density at radius 1 is 1.16 bits per heavy atom. The summed E-state index contributed by atoms with van der Waals surface area (Å²) >= 11 is 3.48. The van der Waals surface area contributed by atoms with E-state index >= 15 is 0 Å². The first-order chi connectivity index (χ1) is 9.24. The van der Waals surface area contributed by atoms with Crippen LogP contribution < -0.4 is 0 Å².